The SMILES string of the molecule is Cc1nn(C)c(NS(=O)(=O)N2CCCCC2)c1N. The number of nitrogens with zero attached hydrogens (tertiary/aromatic N) is 3. The van der Waals surface area contributed by atoms with Crippen LogP contribution in [0.25, 0.3) is 0 Å². The number of hydrogen-bond acceptors (Lipinski definition) is 4. The van der Waals surface area contributed by atoms with E-state index in [0.29, 0.717) is 30.3 Å². The zero-order chi connectivity index (χ0) is 13.3. The Morgan fingerprint density at radius 3 is 2.39 bits per heavy atom. The van der Waals surface area contributed by atoms with Crippen molar-refractivity contribution in [2.75, 3.05) is 23.5 Å². The van der Waals surface area contributed by atoms with Crippen molar-refractivity contribution in [3.8, 4) is 0 Å². The molecule has 0 amide bonds. The summed E-state index contributed by atoms with van der Waals surface area (Å²) < 4.78 is 29.8. The molecule has 1 aromatic heterocycles. The molecule has 102 valence electrons. The van der Waals surface area contributed by atoms with Crippen LogP contribution >= 0.6 is 0 Å². The molecule has 8 heteroatoms. The standard InChI is InChI=1S/C10H19N5O2S/c1-8-9(11)10(14(2)12-8)13-18(16,17)15-6-4-3-5-7-15/h13H,3-7,11H2,1-2H3. The highest BCUT2D eigenvalue weighted by molar-refractivity contribution is 7.90. The van der Waals surface area contributed by atoms with Gasteiger partial charge in [0.15, 0.2) is 5.82 Å². The van der Waals surface area contributed by atoms with Gasteiger partial charge in [-0.3, -0.25) is 4.72 Å². The molecule has 2 heterocycles. The fraction of sp³-hybridized carbons (Fsp3) is 0.700. The Kier molecular flexibility index (Phi) is 3.49. The number of nitrogens with one attached hydrogen (secondary N) is 1. The van der Waals surface area contributed by atoms with Crippen LogP contribution in [0.4, 0.5) is 11.5 Å². The van der Waals surface area contributed by atoms with Crippen molar-refractivity contribution >= 4 is 21.7 Å². The smallest absolute Gasteiger partial charge is 0.302 e. The van der Waals surface area contributed by atoms with Crippen LogP contribution in [0.1, 0.15) is 25.0 Å². The fourth-order valence-corrected chi connectivity index (χ4v) is 3.44. The van der Waals surface area contributed by atoms with E-state index in [0.717, 1.165) is 19.3 Å². The number of nitrogen functional groups attached to an aromatic ring is 1. The Labute approximate surface area is 107 Å². The Hall–Kier alpha value is -1.28. The van der Waals surface area contributed by atoms with E-state index in [1.165, 1.54) is 8.99 Å². The third-order valence-electron chi connectivity index (χ3n) is 3.15. The van der Waals surface area contributed by atoms with Gasteiger partial charge in [0.05, 0.1) is 11.4 Å². The highest BCUT2D eigenvalue weighted by Crippen LogP contribution is 2.23. The van der Waals surface area contributed by atoms with Gasteiger partial charge in [0, 0.05) is 20.1 Å². The molecule has 0 aliphatic carbocycles. The molecule has 0 radical (unpaired) electrons. The van der Waals surface area contributed by atoms with Gasteiger partial charge in [-0.2, -0.15) is 17.8 Å². The molecule has 1 aliphatic heterocycles. The molecule has 1 fully saturated rings. The number of anilines is 2. The first kappa shape index (κ1) is 13.2. The lowest BCUT2D eigenvalue weighted by atomic mass is 10.2. The molecular weight excluding hydrogens is 254 g/mol. The van der Waals surface area contributed by atoms with Crippen LogP contribution in [0.2, 0.25) is 0 Å². The average Bonchev–Trinajstić information content (AvgIpc) is 2.57. The van der Waals surface area contributed by atoms with E-state index in [9.17, 15) is 8.42 Å². The van der Waals surface area contributed by atoms with Gasteiger partial charge >= 0.3 is 10.2 Å². The van der Waals surface area contributed by atoms with Gasteiger partial charge < -0.3 is 5.73 Å². The lowest BCUT2D eigenvalue weighted by Gasteiger charge is -2.26. The summed E-state index contributed by atoms with van der Waals surface area (Å²) in [5, 5.41) is 4.09. The molecule has 0 aromatic carbocycles. The maximum Gasteiger partial charge on any atom is 0.302 e. The van der Waals surface area contributed by atoms with Crippen molar-refractivity contribution in [2.24, 2.45) is 7.05 Å². The van der Waals surface area contributed by atoms with Gasteiger partial charge in [0.2, 0.25) is 0 Å². The van der Waals surface area contributed by atoms with Gasteiger partial charge in [-0.05, 0) is 19.8 Å². The third kappa shape index (κ3) is 2.44. The molecule has 0 bridgehead atoms. The first-order valence-corrected chi connectivity index (χ1v) is 7.43. The maximum absolute atomic E-state index is 12.2. The Bertz CT molecular complexity index is 531. The highest BCUT2D eigenvalue weighted by atomic mass is 32.2. The van der Waals surface area contributed by atoms with Gasteiger partial charge in [-0.25, -0.2) is 4.68 Å². The average molecular weight is 273 g/mol. The molecule has 2 rings (SSSR count). The lowest BCUT2D eigenvalue weighted by Crippen LogP contribution is -2.39. The molecule has 18 heavy (non-hydrogen) atoms. The number of hydrogen-bond donors (Lipinski definition) is 2. The summed E-state index contributed by atoms with van der Waals surface area (Å²) in [7, 11) is -1.86. The largest absolute Gasteiger partial charge is 0.394 e. The zero-order valence-electron chi connectivity index (χ0n) is 10.7. The predicted octanol–water partition coefficient (Wildman–Crippen LogP) is 0.453. The summed E-state index contributed by atoms with van der Waals surface area (Å²) in [6.45, 7) is 2.87. The van der Waals surface area contributed by atoms with E-state index in [-0.39, 0.29) is 0 Å². The van der Waals surface area contributed by atoms with E-state index in [4.69, 9.17) is 5.73 Å². The molecule has 3 N–H and O–H groups in total. The van der Waals surface area contributed by atoms with Crippen molar-refractivity contribution in [1.82, 2.24) is 14.1 Å². The van der Waals surface area contributed by atoms with E-state index < -0.39 is 10.2 Å². The number of nitrogens with two attached hydrogens (primary N) is 1. The van der Waals surface area contributed by atoms with E-state index in [1.54, 1.807) is 14.0 Å². The van der Waals surface area contributed by atoms with Crippen LogP contribution in [0.5, 0.6) is 0 Å². The second-order valence-corrected chi connectivity index (χ2v) is 6.21. The van der Waals surface area contributed by atoms with E-state index in [2.05, 4.69) is 9.82 Å². The minimum atomic E-state index is -3.53. The molecular formula is C10H19N5O2S. The van der Waals surface area contributed by atoms with Gasteiger partial charge in [-0.1, -0.05) is 6.42 Å². The first-order chi connectivity index (χ1) is 8.42. The van der Waals surface area contributed by atoms with Crippen LogP contribution < -0.4 is 10.5 Å². The number of rotatable bonds is 3. The van der Waals surface area contributed by atoms with Crippen LogP contribution in [0, 0.1) is 6.92 Å². The first-order valence-electron chi connectivity index (χ1n) is 5.99. The molecule has 0 unspecified atom stereocenters. The second-order valence-electron chi connectivity index (χ2n) is 4.54. The highest BCUT2D eigenvalue weighted by Gasteiger charge is 2.26. The number of aryl methyl sites for hydroxylation is 2. The zero-order valence-corrected chi connectivity index (χ0v) is 11.5. The summed E-state index contributed by atoms with van der Waals surface area (Å²) >= 11 is 0. The maximum atomic E-state index is 12.2. The molecule has 0 atom stereocenters. The van der Waals surface area contributed by atoms with Crippen molar-refractivity contribution in [1.29, 1.82) is 0 Å². The van der Waals surface area contributed by atoms with Crippen LogP contribution in [-0.4, -0.2) is 35.6 Å². The molecule has 0 spiro atoms. The van der Waals surface area contributed by atoms with Crippen molar-refractivity contribution in [3.63, 3.8) is 0 Å². The van der Waals surface area contributed by atoms with Crippen LogP contribution in [-0.2, 0) is 17.3 Å². The monoisotopic (exact) mass is 273 g/mol. The third-order valence-corrected chi connectivity index (χ3v) is 4.65. The van der Waals surface area contributed by atoms with Crippen molar-refractivity contribution < 1.29 is 8.42 Å². The Morgan fingerprint density at radius 2 is 1.89 bits per heavy atom. The molecule has 1 saturated heterocycles. The van der Waals surface area contributed by atoms with Crippen LogP contribution in [0.15, 0.2) is 0 Å². The molecule has 1 aromatic rings. The Morgan fingerprint density at radius 1 is 1.28 bits per heavy atom. The summed E-state index contributed by atoms with van der Waals surface area (Å²) in [4.78, 5) is 0. The van der Waals surface area contributed by atoms with Crippen molar-refractivity contribution in [2.45, 2.75) is 26.2 Å². The normalized spacial score (nSPS) is 17.9. The summed E-state index contributed by atoms with van der Waals surface area (Å²) in [6, 6.07) is 0. The van der Waals surface area contributed by atoms with Gasteiger partial charge in [0.25, 0.3) is 0 Å². The molecule has 0 saturated carbocycles. The Balaban J connectivity index is 2.21. The number of aromatic nitrogens is 2. The number of piperidine rings is 1. The fourth-order valence-electron chi connectivity index (χ4n) is 2.09. The quantitative estimate of drug-likeness (QED) is 0.836. The molecule has 7 nitrogen and oxygen atoms in total. The second kappa shape index (κ2) is 4.77. The minimum Gasteiger partial charge on any atom is -0.394 e. The predicted molar refractivity (Wildman–Crippen MR) is 70.3 cm³/mol. The van der Waals surface area contributed by atoms with Gasteiger partial charge in [-0.15, -0.1) is 0 Å². The topological polar surface area (TPSA) is 93.2 Å². The van der Waals surface area contributed by atoms with E-state index in [1.807, 2.05) is 0 Å². The van der Waals surface area contributed by atoms with E-state index >= 15 is 0 Å². The minimum absolute atomic E-state index is 0.332. The summed E-state index contributed by atoms with van der Waals surface area (Å²) in [5.41, 5.74) is 6.80. The van der Waals surface area contributed by atoms with Gasteiger partial charge in [0.1, 0.15) is 0 Å². The lowest BCUT2D eigenvalue weighted by molar-refractivity contribution is 0.349. The summed E-state index contributed by atoms with van der Waals surface area (Å²) in [5.74, 6) is 0.332. The van der Waals surface area contributed by atoms with Crippen molar-refractivity contribution in [3.05, 3.63) is 5.69 Å². The molecule has 1 aliphatic rings. The summed E-state index contributed by atoms with van der Waals surface area (Å²) in [6.07, 6.45) is 2.89. The van der Waals surface area contributed by atoms with Crippen LogP contribution in [0.3, 0.4) is 0 Å².